The van der Waals surface area contributed by atoms with Gasteiger partial charge in [-0.3, -0.25) is 19.2 Å². The van der Waals surface area contributed by atoms with Crippen LogP contribution in [0, 0.1) is 0 Å². The average Bonchev–Trinajstić information content (AvgIpc) is 2.82. The van der Waals surface area contributed by atoms with Crippen LogP contribution in [0.5, 0.6) is 0 Å². The molecule has 0 bridgehead atoms. The van der Waals surface area contributed by atoms with E-state index in [1.165, 1.54) is 7.05 Å². The minimum Gasteiger partial charge on any atom is -0.480 e. The first-order valence-corrected chi connectivity index (χ1v) is 11.7. The third kappa shape index (κ3) is 20.7. The molecule has 1 aromatic rings. The van der Waals surface area contributed by atoms with Gasteiger partial charge in [0, 0.05) is 37.8 Å². The molecule has 3 amide bonds. The zero-order valence-corrected chi connectivity index (χ0v) is 21.3. The first kappa shape index (κ1) is 33.0. The number of unbranched alkanes of at least 4 members (excludes halogenated alkanes) is 1. The number of carbonyl (C=O) groups is 4. The molecule has 0 spiro atoms. The first-order valence-electron chi connectivity index (χ1n) is 11.7. The fraction of sp³-hybridized carbons (Fsp3) is 0.583. The number of hydrogen-bond donors (Lipinski definition) is 6. The van der Waals surface area contributed by atoms with Gasteiger partial charge in [-0.15, -0.1) is 0 Å². The van der Waals surface area contributed by atoms with Gasteiger partial charge in [-0.05, 0) is 50.6 Å². The standard InChI is InChI=1S/C14H22N2O.C7H14N2O2.C3H7NO2/c1-3-5-11-16-14(17)12-6-8-13(9-7-12)15-10-4-2;1-3-4-6(10)9-5-7(11)8-2;1-4-2-3(5)6/h6-9,15H,3-5,10-11H2,1-2H3,(H,16,17);3-5H2,1-2H3,(H,8,11)(H,9,10);4H,2H2,1H3,(H,5,6). The highest BCUT2D eigenvalue weighted by atomic mass is 16.4. The van der Waals surface area contributed by atoms with Crippen molar-refractivity contribution in [2.45, 2.75) is 52.9 Å². The summed E-state index contributed by atoms with van der Waals surface area (Å²) in [7, 11) is 3.13. The van der Waals surface area contributed by atoms with Crippen LogP contribution in [0.2, 0.25) is 0 Å². The van der Waals surface area contributed by atoms with Crippen LogP contribution >= 0.6 is 0 Å². The number of carbonyl (C=O) groups excluding carboxylic acids is 3. The summed E-state index contributed by atoms with van der Waals surface area (Å²) in [6, 6.07) is 7.62. The Hall–Kier alpha value is -3.14. The summed E-state index contributed by atoms with van der Waals surface area (Å²) in [5, 5.41) is 21.4. The van der Waals surface area contributed by atoms with E-state index >= 15 is 0 Å². The van der Waals surface area contributed by atoms with Gasteiger partial charge in [-0.25, -0.2) is 0 Å². The summed E-state index contributed by atoms with van der Waals surface area (Å²) in [6.45, 7) is 7.99. The summed E-state index contributed by atoms with van der Waals surface area (Å²) in [5.74, 6) is -1.05. The largest absolute Gasteiger partial charge is 0.480 e. The van der Waals surface area contributed by atoms with E-state index in [1.54, 1.807) is 7.05 Å². The third-order valence-corrected chi connectivity index (χ3v) is 4.07. The Labute approximate surface area is 203 Å². The lowest BCUT2D eigenvalue weighted by Crippen LogP contribution is -2.34. The Balaban J connectivity index is 0. The normalized spacial score (nSPS) is 9.32. The molecule has 0 radical (unpaired) electrons. The maximum atomic E-state index is 11.7. The monoisotopic (exact) mass is 481 g/mol. The zero-order chi connectivity index (χ0) is 26.2. The molecular formula is C24H43N5O5. The van der Waals surface area contributed by atoms with E-state index < -0.39 is 5.97 Å². The second-order valence-electron chi connectivity index (χ2n) is 7.24. The molecule has 1 aromatic carbocycles. The van der Waals surface area contributed by atoms with Gasteiger partial charge in [0.05, 0.1) is 13.1 Å². The predicted octanol–water partition coefficient (Wildman–Crippen LogP) is 1.98. The Kier molecular flexibility index (Phi) is 22.4. The van der Waals surface area contributed by atoms with Crippen molar-refractivity contribution in [2.24, 2.45) is 0 Å². The fourth-order valence-corrected chi connectivity index (χ4v) is 2.22. The number of carboxylic acids is 1. The first-order chi connectivity index (χ1) is 16.2. The number of anilines is 1. The molecule has 1 rings (SSSR count). The van der Waals surface area contributed by atoms with Crippen LogP contribution in [0.1, 0.15) is 63.2 Å². The van der Waals surface area contributed by atoms with Crippen molar-refractivity contribution in [3.8, 4) is 0 Å². The van der Waals surface area contributed by atoms with Crippen molar-refractivity contribution in [2.75, 3.05) is 45.6 Å². The molecule has 0 aliphatic carbocycles. The van der Waals surface area contributed by atoms with E-state index in [-0.39, 0.29) is 30.8 Å². The van der Waals surface area contributed by atoms with Gasteiger partial charge in [-0.2, -0.15) is 0 Å². The molecule has 0 saturated carbocycles. The van der Waals surface area contributed by atoms with Crippen LogP contribution in [0.15, 0.2) is 24.3 Å². The number of rotatable bonds is 13. The molecule has 0 saturated heterocycles. The molecule has 0 unspecified atom stereocenters. The number of hydrogen-bond acceptors (Lipinski definition) is 6. The summed E-state index contributed by atoms with van der Waals surface area (Å²) in [6.07, 6.45) is 4.51. The van der Waals surface area contributed by atoms with Crippen LogP contribution in [0.25, 0.3) is 0 Å². The average molecular weight is 482 g/mol. The Bertz CT molecular complexity index is 695. The lowest BCUT2D eigenvalue weighted by Gasteiger charge is -2.07. The minimum atomic E-state index is -0.822. The topological polar surface area (TPSA) is 149 Å². The van der Waals surface area contributed by atoms with Gasteiger partial charge in [-0.1, -0.05) is 27.2 Å². The molecule has 0 atom stereocenters. The number of benzene rings is 1. The van der Waals surface area contributed by atoms with Gasteiger partial charge < -0.3 is 31.7 Å². The molecule has 10 heteroatoms. The van der Waals surface area contributed by atoms with E-state index in [0.717, 1.165) is 50.0 Å². The summed E-state index contributed by atoms with van der Waals surface area (Å²) >= 11 is 0. The van der Waals surface area contributed by atoms with Crippen molar-refractivity contribution >= 4 is 29.4 Å². The number of aliphatic carboxylic acids is 1. The second kappa shape index (κ2) is 23.0. The van der Waals surface area contributed by atoms with Gasteiger partial charge in [0.25, 0.3) is 5.91 Å². The van der Waals surface area contributed by atoms with Crippen LogP contribution < -0.4 is 26.6 Å². The minimum absolute atomic E-state index is 0.0143. The Morgan fingerprint density at radius 2 is 1.44 bits per heavy atom. The maximum absolute atomic E-state index is 11.7. The van der Waals surface area contributed by atoms with Gasteiger partial charge in [0.1, 0.15) is 0 Å². The molecule has 194 valence electrons. The highest BCUT2D eigenvalue weighted by Gasteiger charge is 2.04. The van der Waals surface area contributed by atoms with Crippen molar-refractivity contribution in [1.82, 2.24) is 21.3 Å². The molecule has 0 aliphatic heterocycles. The van der Waals surface area contributed by atoms with Gasteiger partial charge >= 0.3 is 5.97 Å². The van der Waals surface area contributed by atoms with Crippen LogP contribution in [0.4, 0.5) is 5.69 Å². The fourth-order valence-electron chi connectivity index (χ4n) is 2.22. The maximum Gasteiger partial charge on any atom is 0.317 e. The van der Waals surface area contributed by atoms with Gasteiger partial charge in [0.2, 0.25) is 11.8 Å². The lowest BCUT2D eigenvalue weighted by atomic mass is 10.2. The van der Waals surface area contributed by atoms with E-state index in [0.29, 0.717) is 6.42 Å². The molecular weight excluding hydrogens is 438 g/mol. The molecule has 0 aliphatic rings. The lowest BCUT2D eigenvalue weighted by molar-refractivity contribution is -0.135. The SMILES string of the molecule is CCCC(=O)NCC(=O)NC.CCCCNC(=O)c1ccc(NCCC)cc1.CNCC(=O)O. The number of amides is 3. The number of nitrogens with one attached hydrogen (secondary N) is 5. The van der Waals surface area contributed by atoms with Crippen LogP contribution in [-0.4, -0.2) is 69.1 Å². The van der Waals surface area contributed by atoms with Crippen molar-refractivity contribution < 1.29 is 24.3 Å². The van der Waals surface area contributed by atoms with E-state index in [2.05, 4.69) is 40.4 Å². The summed E-state index contributed by atoms with van der Waals surface area (Å²) in [5.41, 5.74) is 1.79. The predicted molar refractivity (Wildman–Crippen MR) is 136 cm³/mol. The van der Waals surface area contributed by atoms with E-state index in [4.69, 9.17) is 5.11 Å². The summed E-state index contributed by atoms with van der Waals surface area (Å²) < 4.78 is 0. The highest BCUT2D eigenvalue weighted by Crippen LogP contribution is 2.09. The summed E-state index contributed by atoms with van der Waals surface area (Å²) in [4.78, 5) is 42.6. The van der Waals surface area contributed by atoms with Crippen LogP contribution in [0.3, 0.4) is 0 Å². The third-order valence-electron chi connectivity index (χ3n) is 4.07. The van der Waals surface area contributed by atoms with Crippen molar-refractivity contribution in [1.29, 1.82) is 0 Å². The van der Waals surface area contributed by atoms with Crippen molar-refractivity contribution in [3.63, 3.8) is 0 Å². The molecule has 0 heterocycles. The zero-order valence-electron chi connectivity index (χ0n) is 21.3. The highest BCUT2D eigenvalue weighted by molar-refractivity contribution is 5.94. The Morgan fingerprint density at radius 1 is 0.794 bits per heavy atom. The van der Waals surface area contributed by atoms with Crippen LogP contribution in [-0.2, 0) is 14.4 Å². The molecule has 0 fully saturated rings. The smallest absolute Gasteiger partial charge is 0.317 e. The van der Waals surface area contributed by atoms with Crippen molar-refractivity contribution in [3.05, 3.63) is 29.8 Å². The van der Waals surface area contributed by atoms with E-state index in [1.807, 2.05) is 31.2 Å². The second-order valence-corrected chi connectivity index (χ2v) is 7.24. The molecule has 0 aromatic heterocycles. The molecule has 10 nitrogen and oxygen atoms in total. The number of likely N-dealkylation sites (N-methyl/N-ethyl adjacent to an activating group) is 2. The molecule has 34 heavy (non-hydrogen) atoms. The molecule has 6 N–H and O–H groups in total. The number of carboxylic acid groups (broad SMARTS) is 1. The quantitative estimate of drug-likeness (QED) is 0.236. The van der Waals surface area contributed by atoms with Gasteiger partial charge in [0.15, 0.2) is 0 Å². The Morgan fingerprint density at radius 3 is 1.88 bits per heavy atom. The van der Waals surface area contributed by atoms with E-state index in [9.17, 15) is 19.2 Å².